The lowest BCUT2D eigenvalue weighted by atomic mass is 9.99. The fraction of sp³-hybridized carbons (Fsp3) is 0.474. The largest absolute Gasteiger partial charge is 0.393 e. The van der Waals surface area contributed by atoms with E-state index >= 15 is 0 Å². The molecule has 2 aliphatic rings. The Balaban J connectivity index is 1.63. The number of aromatic nitrogens is 1. The van der Waals surface area contributed by atoms with Crippen LogP contribution in [0.3, 0.4) is 0 Å². The number of thiazole rings is 1. The molecular formula is C19H24N4O4S2. The zero-order valence-electron chi connectivity index (χ0n) is 16.1. The molecule has 1 aromatic heterocycles. The Morgan fingerprint density at radius 1 is 1.31 bits per heavy atom. The summed E-state index contributed by atoms with van der Waals surface area (Å²) < 4.78 is 16.7. The number of fused-ring (bicyclic) bond motifs is 2. The SMILES string of the molecule is C[C@@](O)(CO)c1ncc([S@](N)(=O)=NC(=O)Nc2c3c(cc4c2CCC4)CCC3)s1. The van der Waals surface area contributed by atoms with Crippen LogP contribution in [0.15, 0.2) is 20.8 Å². The predicted molar refractivity (Wildman–Crippen MR) is 111 cm³/mol. The Labute approximate surface area is 173 Å². The van der Waals surface area contributed by atoms with E-state index in [0.717, 1.165) is 66.7 Å². The second-order valence-corrected chi connectivity index (χ2v) is 10.8. The number of anilines is 1. The van der Waals surface area contributed by atoms with Gasteiger partial charge >= 0.3 is 6.03 Å². The third kappa shape index (κ3) is 3.82. The Hall–Kier alpha value is -1.85. The number of aryl methyl sites for hydroxylation is 2. The number of carbonyl (C=O) groups excluding carboxylic acids is 1. The highest BCUT2D eigenvalue weighted by Crippen LogP contribution is 2.38. The first kappa shape index (κ1) is 20.4. The van der Waals surface area contributed by atoms with Crippen LogP contribution in [0.25, 0.3) is 0 Å². The number of rotatable bonds is 4. The average Bonchev–Trinajstić information content (AvgIpc) is 3.40. The maximum atomic E-state index is 12.9. The van der Waals surface area contributed by atoms with Crippen molar-refractivity contribution < 1.29 is 19.2 Å². The Morgan fingerprint density at radius 3 is 2.52 bits per heavy atom. The van der Waals surface area contributed by atoms with E-state index in [-0.39, 0.29) is 9.22 Å². The Bertz CT molecular complexity index is 1070. The topological polar surface area (TPSA) is 138 Å². The number of aliphatic hydroxyl groups is 2. The fourth-order valence-electron chi connectivity index (χ4n) is 3.98. The third-order valence-corrected chi connectivity index (χ3v) is 8.60. The first-order chi connectivity index (χ1) is 13.7. The monoisotopic (exact) mass is 436 g/mol. The summed E-state index contributed by atoms with van der Waals surface area (Å²) in [7, 11) is -3.53. The molecule has 2 amide bonds. The molecule has 2 aliphatic carbocycles. The van der Waals surface area contributed by atoms with E-state index < -0.39 is 28.2 Å². The zero-order chi connectivity index (χ0) is 20.8. The van der Waals surface area contributed by atoms with Gasteiger partial charge in [-0.25, -0.2) is 19.1 Å². The normalized spacial score (nSPS) is 19.2. The molecule has 8 nitrogen and oxygen atoms in total. The van der Waals surface area contributed by atoms with E-state index in [1.807, 2.05) is 0 Å². The van der Waals surface area contributed by atoms with E-state index in [2.05, 4.69) is 20.7 Å². The zero-order valence-corrected chi connectivity index (χ0v) is 17.7. The summed E-state index contributed by atoms with van der Waals surface area (Å²) >= 11 is 0.865. The van der Waals surface area contributed by atoms with Crippen LogP contribution in [-0.2, 0) is 41.2 Å². The number of hydrogen-bond acceptors (Lipinski definition) is 6. The van der Waals surface area contributed by atoms with E-state index in [0.29, 0.717) is 0 Å². The summed E-state index contributed by atoms with van der Waals surface area (Å²) in [4.78, 5) is 16.6. The molecule has 2 aromatic rings. The average molecular weight is 437 g/mol. The number of nitrogens with zero attached hydrogens (tertiary/aromatic N) is 2. The summed E-state index contributed by atoms with van der Waals surface area (Å²) in [6.07, 6.45) is 7.16. The smallest absolute Gasteiger partial charge is 0.354 e. The van der Waals surface area contributed by atoms with Crippen LogP contribution in [0.2, 0.25) is 0 Å². The van der Waals surface area contributed by atoms with Gasteiger partial charge in [-0.15, -0.1) is 15.7 Å². The van der Waals surface area contributed by atoms with Gasteiger partial charge < -0.3 is 15.5 Å². The maximum Gasteiger partial charge on any atom is 0.354 e. The van der Waals surface area contributed by atoms with Crippen LogP contribution in [0, 0.1) is 0 Å². The second-order valence-electron chi connectivity index (χ2n) is 7.74. The molecule has 0 radical (unpaired) electrons. The molecule has 0 aliphatic heterocycles. The fourth-order valence-corrected chi connectivity index (χ4v) is 6.07. The molecule has 29 heavy (non-hydrogen) atoms. The van der Waals surface area contributed by atoms with Gasteiger partial charge in [0.15, 0.2) is 9.92 Å². The van der Waals surface area contributed by atoms with Gasteiger partial charge in [-0.1, -0.05) is 6.07 Å². The van der Waals surface area contributed by atoms with E-state index in [1.165, 1.54) is 24.2 Å². The Kier molecular flexibility index (Phi) is 5.24. The highest BCUT2D eigenvalue weighted by atomic mass is 32.2. The minimum Gasteiger partial charge on any atom is -0.393 e. The van der Waals surface area contributed by atoms with Gasteiger partial charge in [0.05, 0.1) is 12.8 Å². The number of nitrogens with one attached hydrogen (secondary N) is 1. The van der Waals surface area contributed by atoms with Crippen molar-refractivity contribution in [2.24, 2.45) is 9.50 Å². The van der Waals surface area contributed by atoms with Gasteiger partial charge in [0.2, 0.25) is 0 Å². The van der Waals surface area contributed by atoms with Gasteiger partial charge in [-0.2, -0.15) is 0 Å². The molecule has 5 N–H and O–H groups in total. The highest BCUT2D eigenvalue weighted by molar-refractivity contribution is 7.93. The van der Waals surface area contributed by atoms with Crippen molar-refractivity contribution in [1.29, 1.82) is 0 Å². The summed E-state index contributed by atoms with van der Waals surface area (Å²) in [6.45, 7) is 0.835. The second kappa shape index (κ2) is 7.44. The van der Waals surface area contributed by atoms with Gasteiger partial charge in [0, 0.05) is 5.69 Å². The molecule has 0 fully saturated rings. The number of amides is 2. The van der Waals surface area contributed by atoms with Crippen LogP contribution in [-0.4, -0.2) is 32.0 Å². The van der Waals surface area contributed by atoms with Crippen molar-refractivity contribution in [3.05, 3.63) is 39.5 Å². The molecule has 0 unspecified atom stereocenters. The molecule has 1 heterocycles. The van der Waals surface area contributed by atoms with Gasteiger partial charge in [0.25, 0.3) is 0 Å². The predicted octanol–water partition coefficient (Wildman–Crippen LogP) is 2.25. The molecule has 0 spiro atoms. The lowest BCUT2D eigenvalue weighted by molar-refractivity contribution is -0.00244. The molecular weight excluding hydrogens is 412 g/mol. The minimum atomic E-state index is -3.53. The van der Waals surface area contributed by atoms with Crippen molar-refractivity contribution in [3.8, 4) is 0 Å². The van der Waals surface area contributed by atoms with Crippen molar-refractivity contribution in [2.75, 3.05) is 11.9 Å². The Morgan fingerprint density at radius 2 is 1.93 bits per heavy atom. The minimum absolute atomic E-state index is 0.0693. The van der Waals surface area contributed by atoms with E-state index in [1.54, 1.807) is 0 Å². The number of aliphatic hydroxyl groups excluding tert-OH is 1. The van der Waals surface area contributed by atoms with Crippen LogP contribution in [0.4, 0.5) is 10.5 Å². The summed E-state index contributed by atoms with van der Waals surface area (Å²) in [5, 5.41) is 28.2. The summed E-state index contributed by atoms with van der Waals surface area (Å²) in [5.41, 5.74) is 4.07. The molecule has 2 atom stereocenters. The lowest BCUT2D eigenvalue weighted by Gasteiger charge is -2.16. The quantitative estimate of drug-likeness (QED) is 0.582. The standard InChI is InChI=1S/C19H24N4O4S2/c1-19(26,10-24)17-21-9-15(28-17)29(20,27)23-18(25)22-16-13-6-2-4-11(13)8-12-5-3-7-14(12)16/h8-9,24,26H,2-7,10H2,1H3,(H3,20,22,23,25,27)/t19-,29-/m1/s1. The van der Waals surface area contributed by atoms with Gasteiger partial charge in [0.1, 0.15) is 14.8 Å². The number of urea groups is 1. The maximum absolute atomic E-state index is 12.9. The van der Waals surface area contributed by atoms with E-state index in [9.17, 15) is 19.2 Å². The van der Waals surface area contributed by atoms with E-state index in [4.69, 9.17) is 5.14 Å². The molecule has 0 bridgehead atoms. The van der Waals surface area contributed by atoms with Crippen LogP contribution < -0.4 is 10.5 Å². The van der Waals surface area contributed by atoms with Crippen LogP contribution in [0.5, 0.6) is 0 Å². The highest BCUT2D eigenvalue weighted by Gasteiger charge is 2.28. The van der Waals surface area contributed by atoms with Crippen molar-refractivity contribution in [1.82, 2.24) is 4.98 Å². The molecule has 10 heteroatoms. The molecule has 0 saturated carbocycles. The van der Waals surface area contributed by atoms with Crippen molar-refractivity contribution in [2.45, 2.75) is 55.3 Å². The first-order valence-corrected chi connectivity index (χ1v) is 11.9. The number of hydrogen-bond donors (Lipinski definition) is 4. The van der Waals surface area contributed by atoms with Crippen LogP contribution in [0.1, 0.15) is 47.0 Å². The van der Waals surface area contributed by atoms with Crippen molar-refractivity contribution in [3.63, 3.8) is 0 Å². The number of nitrogens with two attached hydrogens (primary N) is 1. The number of carbonyl (C=O) groups is 1. The summed E-state index contributed by atoms with van der Waals surface area (Å²) in [5.74, 6) is 0. The van der Waals surface area contributed by atoms with Crippen LogP contribution >= 0.6 is 11.3 Å². The molecule has 1 aromatic carbocycles. The molecule has 0 saturated heterocycles. The molecule has 156 valence electrons. The molecule has 4 rings (SSSR count). The first-order valence-electron chi connectivity index (χ1n) is 9.53. The number of benzene rings is 1. The van der Waals surface area contributed by atoms with Crippen molar-refractivity contribution >= 4 is 33.0 Å². The summed E-state index contributed by atoms with van der Waals surface area (Å²) in [6, 6.07) is 1.51. The van der Waals surface area contributed by atoms with Gasteiger partial charge in [-0.3, -0.25) is 0 Å². The lowest BCUT2D eigenvalue weighted by Crippen LogP contribution is -2.25. The third-order valence-electron chi connectivity index (χ3n) is 5.46. The van der Waals surface area contributed by atoms with Gasteiger partial charge in [-0.05, 0) is 67.7 Å².